The number of hydrogen-bond acceptors (Lipinski definition) is 4. The Kier molecular flexibility index (Phi) is 10.9. The van der Waals surface area contributed by atoms with Gasteiger partial charge in [0.15, 0.2) is 5.75 Å². The van der Waals surface area contributed by atoms with Crippen LogP contribution in [-0.2, 0) is 26.4 Å². The number of rotatable bonds is 16. The van der Waals surface area contributed by atoms with E-state index in [0.717, 1.165) is 40.4 Å². The summed E-state index contributed by atoms with van der Waals surface area (Å²) in [5.74, 6) is 1.42. The zero-order valence-electron chi connectivity index (χ0n) is 25.0. The molecule has 0 aliphatic rings. The molecule has 222 valence electrons. The zero-order valence-corrected chi connectivity index (χ0v) is 25.0. The van der Waals surface area contributed by atoms with Gasteiger partial charge in [-0.2, -0.15) is 0 Å². The number of ether oxygens (including phenoxy) is 3. The van der Waals surface area contributed by atoms with Crippen molar-refractivity contribution in [1.29, 1.82) is 0 Å². The Morgan fingerprint density at radius 2 is 1.07 bits per heavy atom. The van der Waals surface area contributed by atoms with Crippen LogP contribution in [0, 0.1) is 0 Å². The third-order valence-corrected chi connectivity index (χ3v) is 7.59. The first kappa shape index (κ1) is 30.0. The van der Waals surface area contributed by atoms with Crippen LogP contribution < -0.4 is 19.8 Å². The quantitative estimate of drug-likeness (QED) is 0.110. The summed E-state index contributed by atoms with van der Waals surface area (Å²) in [7, 11) is 0. The van der Waals surface area contributed by atoms with E-state index in [2.05, 4.69) is 6.92 Å². The molecule has 0 saturated heterocycles. The summed E-state index contributed by atoms with van der Waals surface area (Å²) in [4.78, 5) is 14.2. The molecule has 5 aromatic rings. The van der Waals surface area contributed by atoms with Crippen molar-refractivity contribution in [1.82, 2.24) is 4.57 Å². The molecule has 0 aliphatic heterocycles. The molecular formula is C38H41NO4. The Morgan fingerprint density at radius 1 is 0.558 bits per heavy atom. The predicted molar refractivity (Wildman–Crippen MR) is 174 cm³/mol. The molecule has 0 atom stereocenters. The second kappa shape index (κ2) is 15.6. The lowest BCUT2D eigenvalue weighted by Crippen LogP contribution is -2.24. The van der Waals surface area contributed by atoms with Crippen molar-refractivity contribution in [2.45, 2.75) is 71.8 Å². The largest absolute Gasteiger partial charge is 0.489 e. The first-order chi connectivity index (χ1) is 21.2. The average molecular weight is 576 g/mol. The van der Waals surface area contributed by atoms with Gasteiger partial charge in [-0.25, -0.2) is 0 Å². The number of unbranched alkanes of at least 4 members (excludes halogenated alkanes) is 5. The van der Waals surface area contributed by atoms with E-state index in [4.69, 9.17) is 14.2 Å². The van der Waals surface area contributed by atoms with Gasteiger partial charge in [0.25, 0.3) is 5.56 Å². The lowest BCUT2D eigenvalue weighted by atomic mass is 10.1. The topological polar surface area (TPSA) is 49.7 Å². The highest BCUT2D eigenvalue weighted by molar-refractivity contribution is 5.89. The van der Waals surface area contributed by atoms with Crippen LogP contribution in [0.15, 0.2) is 114 Å². The van der Waals surface area contributed by atoms with Gasteiger partial charge in [-0.3, -0.25) is 4.79 Å². The van der Waals surface area contributed by atoms with Crippen molar-refractivity contribution in [2.75, 3.05) is 0 Å². The van der Waals surface area contributed by atoms with Gasteiger partial charge >= 0.3 is 0 Å². The third kappa shape index (κ3) is 8.29. The monoisotopic (exact) mass is 575 g/mol. The standard InChI is InChI=1S/C38H41NO4/c1-2-3-4-5-6-16-25-39-35-26-33(41-27-30-17-10-7-11-18-30)23-24-34(35)36(42-28-31-19-12-8-13-20-31)37(38(39)40)43-29-32-21-14-9-15-22-32/h7-15,17-24,26H,2-6,16,25,27-29H2,1H3. The van der Waals surface area contributed by atoms with Crippen molar-refractivity contribution in [2.24, 2.45) is 0 Å². The normalized spacial score (nSPS) is 11.0. The van der Waals surface area contributed by atoms with E-state index in [0.29, 0.717) is 31.3 Å². The molecule has 0 radical (unpaired) electrons. The van der Waals surface area contributed by atoms with Gasteiger partial charge in [-0.1, -0.05) is 130 Å². The molecule has 5 rings (SSSR count). The van der Waals surface area contributed by atoms with E-state index in [1.807, 2.05) is 114 Å². The van der Waals surface area contributed by atoms with E-state index in [-0.39, 0.29) is 17.9 Å². The Bertz CT molecular complexity index is 1620. The van der Waals surface area contributed by atoms with Crippen molar-refractivity contribution >= 4 is 10.9 Å². The molecule has 0 bridgehead atoms. The molecule has 0 aliphatic carbocycles. The second-order valence-corrected chi connectivity index (χ2v) is 10.9. The molecule has 0 amide bonds. The van der Waals surface area contributed by atoms with Crippen LogP contribution in [0.25, 0.3) is 10.9 Å². The first-order valence-electron chi connectivity index (χ1n) is 15.4. The van der Waals surface area contributed by atoms with Crippen LogP contribution in [0.3, 0.4) is 0 Å². The molecular weight excluding hydrogens is 534 g/mol. The minimum absolute atomic E-state index is 0.180. The number of fused-ring (bicyclic) bond motifs is 1. The van der Waals surface area contributed by atoms with Gasteiger partial charge in [-0.05, 0) is 35.2 Å². The summed E-state index contributed by atoms with van der Waals surface area (Å²) in [5.41, 5.74) is 3.70. The Hall–Kier alpha value is -4.51. The zero-order chi connectivity index (χ0) is 29.7. The van der Waals surface area contributed by atoms with Gasteiger partial charge < -0.3 is 18.8 Å². The maximum absolute atomic E-state index is 14.2. The summed E-state index contributed by atoms with van der Waals surface area (Å²) >= 11 is 0. The van der Waals surface area contributed by atoms with Crippen LogP contribution in [0.1, 0.15) is 62.1 Å². The van der Waals surface area contributed by atoms with E-state index in [9.17, 15) is 4.79 Å². The van der Waals surface area contributed by atoms with Crippen LogP contribution in [0.4, 0.5) is 0 Å². The smallest absolute Gasteiger partial charge is 0.297 e. The highest BCUT2D eigenvalue weighted by atomic mass is 16.5. The van der Waals surface area contributed by atoms with Gasteiger partial charge in [0.2, 0.25) is 5.75 Å². The number of benzene rings is 4. The maximum Gasteiger partial charge on any atom is 0.297 e. The van der Waals surface area contributed by atoms with Crippen LogP contribution in [-0.4, -0.2) is 4.57 Å². The third-order valence-electron chi connectivity index (χ3n) is 7.59. The summed E-state index contributed by atoms with van der Waals surface area (Å²) in [6.07, 6.45) is 6.84. The van der Waals surface area contributed by atoms with Gasteiger partial charge in [-0.15, -0.1) is 0 Å². The molecule has 0 saturated carbocycles. The summed E-state index contributed by atoms with van der Waals surface area (Å²) in [5, 5.41) is 0.830. The van der Waals surface area contributed by atoms with Gasteiger partial charge in [0, 0.05) is 18.0 Å². The fraction of sp³-hybridized carbons (Fsp3) is 0.289. The molecule has 43 heavy (non-hydrogen) atoms. The first-order valence-corrected chi connectivity index (χ1v) is 15.4. The molecule has 0 spiro atoms. The Labute approximate surface area is 254 Å². The lowest BCUT2D eigenvalue weighted by molar-refractivity contribution is 0.253. The molecule has 4 aromatic carbocycles. The Morgan fingerprint density at radius 3 is 1.65 bits per heavy atom. The molecule has 1 heterocycles. The highest BCUT2D eigenvalue weighted by Crippen LogP contribution is 2.36. The van der Waals surface area contributed by atoms with Gasteiger partial charge in [0.05, 0.1) is 5.52 Å². The van der Waals surface area contributed by atoms with E-state index < -0.39 is 0 Å². The summed E-state index contributed by atoms with van der Waals surface area (Å²) < 4.78 is 20.7. The van der Waals surface area contributed by atoms with Crippen LogP contribution >= 0.6 is 0 Å². The number of hydrogen-bond donors (Lipinski definition) is 0. The molecule has 5 nitrogen and oxygen atoms in total. The van der Waals surface area contributed by atoms with Crippen LogP contribution in [0.2, 0.25) is 0 Å². The van der Waals surface area contributed by atoms with Crippen molar-refractivity contribution in [3.8, 4) is 17.2 Å². The van der Waals surface area contributed by atoms with Crippen LogP contribution in [0.5, 0.6) is 17.2 Å². The van der Waals surface area contributed by atoms with Crippen molar-refractivity contribution in [3.05, 3.63) is 136 Å². The molecule has 0 unspecified atom stereocenters. The second-order valence-electron chi connectivity index (χ2n) is 10.9. The summed E-state index contributed by atoms with van der Waals surface area (Å²) in [6.45, 7) is 3.87. The minimum Gasteiger partial charge on any atom is -0.489 e. The molecule has 1 aromatic heterocycles. The average Bonchev–Trinajstić information content (AvgIpc) is 3.06. The maximum atomic E-state index is 14.2. The SMILES string of the molecule is CCCCCCCCn1c(=O)c(OCc2ccccc2)c(OCc2ccccc2)c2ccc(OCc3ccccc3)cc21. The number of pyridine rings is 1. The van der Waals surface area contributed by atoms with E-state index in [1.54, 1.807) is 0 Å². The molecule has 5 heteroatoms. The van der Waals surface area contributed by atoms with E-state index >= 15 is 0 Å². The number of aromatic nitrogens is 1. The summed E-state index contributed by atoms with van der Waals surface area (Å²) in [6, 6.07) is 35.9. The van der Waals surface area contributed by atoms with Crippen molar-refractivity contribution < 1.29 is 14.2 Å². The molecule has 0 N–H and O–H groups in total. The fourth-order valence-electron chi connectivity index (χ4n) is 5.21. The minimum atomic E-state index is -0.180. The fourth-order valence-corrected chi connectivity index (χ4v) is 5.21. The lowest BCUT2D eigenvalue weighted by Gasteiger charge is -2.20. The van der Waals surface area contributed by atoms with Gasteiger partial charge in [0.1, 0.15) is 25.6 Å². The van der Waals surface area contributed by atoms with Crippen molar-refractivity contribution in [3.63, 3.8) is 0 Å². The Balaban J connectivity index is 1.52. The number of aryl methyl sites for hydroxylation is 1. The van der Waals surface area contributed by atoms with E-state index in [1.165, 1.54) is 25.7 Å². The molecule has 0 fully saturated rings. The highest BCUT2D eigenvalue weighted by Gasteiger charge is 2.21. The number of nitrogens with zero attached hydrogens (tertiary/aromatic N) is 1. The predicted octanol–water partition coefficient (Wildman–Crippen LogP) is 9.10.